The van der Waals surface area contributed by atoms with Crippen LogP contribution in [0, 0.1) is 11.8 Å². The summed E-state index contributed by atoms with van der Waals surface area (Å²) >= 11 is 0. The van der Waals surface area contributed by atoms with Crippen LogP contribution in [0.25, 0.3) is 11.0 Å². The molecule has 1 unspecified atom stereocenters. The Labute approximate surface area is 134 Å². The van der Waals surface area contributed by atoms with Gasteiger partial charge in [0.25, 0.3) is 0 Å². The standard InChI is InChI=1S/C18H21NO4/c1-11(16-10-12-5-3-4-6-15(12)23-16)19(2)17(20)13-7-8-14(9-13)18(21)22/h3-6,10-11,13-14H,7-9H2,1-2H3,(H,21,22)/t11?,13-,14+/m1/s1. The minimum absolute atomic E-state index is 0.00158. The number of carboxylic acids is 1. The molecule has 1 aliphatic rings. The summed E-state index contributed by atoms with van der Waals surface area (Å²) in [5.74, 6) is -0.642. The summed E-state index contributed by atoms with van der Waals surface area (Å²) in [5.41, 5.74) is 0.807. The Morgan fingerprint density at radius 1 is 1.26 bits per heavy atom. The minimum atomic E-state index is -0.798. The maximum atomic E-state index is 12.6. The summed E-state index contributed by atoms with van der Waals surface area (Å²) in [4.78, 5) is 25.4. The summed E-state index contributed by atoms with van der Waals surface area (Å²) < 4.78 is 5.84. The highest BCUT2D eigenvalue weighted by molar-refractivity contribution is 5.82. The lowest BCUT2D eigenvalue weighted by molar-refractivity contribution is -0.141. The number of nitrogens with zero attached hydrogens (tertiary/aromatic N) is 1. The maximum Gasteiger partial charge on any atom is 0.306 e. The maximum absolute atomic E-state index is 12.6. The fourth-order valence-corrected chi connectivity index (χ4v) is 3.31. The van der Waals surface area contributed by atoms with Gasteiger partial charge in [-0.1, -0.05) is 18.2 Å². The third-order valence-corrected chi connectivity index (χ3v) is 4.92. The van der Waals surface area contributed by atoms with Crippen molar-refractivity contribution in [3.63, 3.8) is 0 Å². The molecule has 0 aliphatic heterocycles. The van der Waals surface area contributed by atoms with Crippen molar-refractivity contribution in [3.8, 4) is 0 Å². The molecule has 5 nitrogen and oxygen atoms in total. The molecule has 1 aliphatic carbocycles. The Hall–Kier alpha value is -2.30. The van der Waals surface area contributed by atoms with E-state index in [1.807, 2.05) is 37.3 Å². The van der Waals surface area contributed by atoms with Gasteiger partial charge in [-0.05, 0) is 38.3 Å². The molecule has 1 N–H and O–H groups in total. The van der Waals surface area contributed by atoms with E-state index in [-0.39, 0.29) is 23.8 Å². The van der Waals surface area contributed by atoms with Gasteiger partial charge in [-0.3, -0.25) is 9.59 Å². The molecule has 0 saturated heterocycles. The zero-order valence-electron chi connectivity index (χ0n) is 13.4. The minimum Gasteiger partial charge on any atom is -0.481 e. The van der Waals surface area contributed by atoms with Crippen molar-refractivity contribution in [2.75, 3.05) is 7.05 Å². The highest BCUT2D eigenvalue weighted by Crippen LogP contribution is 2.34. The first kappa shape index (κ1) is 15.6. The first-order chi connectivity index (χ1) is 11.0. The van der Waals surface area contributed by atoms with Crippen LogP contribution >= 0.6 is 0 Å². The van der Waals surface area contributed by atoms with Crippen LogP contribution in [0.2, 0.25) is 0 Å². The number of para-hydroxylation sites is 1. The van der Waals surface area contributed by atoms with Gasteiger partial charge in [0.1, 0.15) is 11.3 Å². The molecule has 1 aromatic heterocycles. The molecule has 0 spiro atoms. The van der Waals surface area contributed by atoms with E-state index in [9.17, 15) is 9.59 Å². The SMILES string of the molecule is CC(c1cc2ccccc2o1)N(C)C(=O)[C@@H]1CC[C@H](C(=O)O)C1. The van der Waals surface area contributed by atoms with Gasteiger partial charge < -0.3 is 14.4 Å². The number of carbonyl (C=O) groups is 2. The average molecular weight is 315 g/mol. The molecule has 2 aromatic rings. The molecule has 0 radical (unpaired) electrons. The smallest absolute Gasteiger partial charge is 0.306 e. The molecular formula is C18H21NO4. The summed E-state index contributed by atoms with van der Waals surface area (Å²) in [6.45, 7) is 1.93. The van der Waals surface area contributed by atoms with E-state index in [0.29, 0.717) is 19.3 Å². The van der Waals surface area contributed by atoms with Gasteiger partial charge in [-0.15, -0.1) is 0 Å². The Balaban J connectivity index is 1.72. The van der Waals surface area contributed by atoms with E-state index < -0.39 is 5.97 Å². The first-order valence-electron chi connectivity index (χ1n) is 7.95. The lowest BCUT2D eigenvalue weighted by atomic mass is 10.0. The van der Waals surface area contributed by atoms with E-state index in [2.05, 4.69) is 0 Å². The molecule has 1 saturated carbocycles. The fraction of sp³-hybridized carbons (Fsp3) is 0.444. The molecule has 5 heteroatoms. The Bertz CT molecular complexity index is 702. The zero-order valence-corrected chi connectivity index (χ0v) is 13.4. The van der Waals surface area contributed by atoms with Gasteiger partial charge in [0, 0.05) is 18.4 Å². The highest BCUT2D eigenvalue weighted by atomic mass is 16.4. The van der Waals surface area contributed by atoms with Crippen molar-refractivity contribution in [1.82, 2.24) is 4.90 Å². The number of hydrogen-bond donors (Lipinski definition) is 1. The highest BCUT2D eigenvalue weighted by Gasteiger charge is 2.36. The second-order valence-corrected chi connectivity index (χ2v) is 6.36. The molecule has 1 heterocycles. The molecule has 0 bridgehead atoms. The van der Waals surface area contributed by atoms with E-state index >= 15 is 0 Å². The van der Waals surface area contributed by atoms with Crippen molar-refractivity contribution in [2.24, 2.45) is 11.8 Å². The lowest BCUT2D eigenvalue weighted by Gasteiger charge is -2.26. The number of amides is 1. The fourth-order valence-electron chi connectivity index (χ4n) is 3.31. The topological polar surface area (TPSA) is 70.8 Å². The van der Waals surface area contributed by atoms with Crippen LogP contribution in [0.3, 0.4) is 0 Å². The number of carboxylic acid groups (broad SMARTS) is 1. The number of rotatable bonds is 4. The van der Waals surface area contributed by atoms with Crippen molar-refractivity contribution in [3.05, 3.63) is 36.1 Å². The second-order valence-electron chi connectivity index (χ2n) is 6.36. The second kappa shape index (κ2) is 6.07. The Kier molecular flexibility index (Phi) is 4.11. The molecule has 3 rings (SSSR count). The molecule has 1 fully saturated rings. The largest absolute Gasteiger partial charge is 0.481 e. The van der Waals surface area contributed by atoms with Crippen molar-refractivity contribution >= 4 is 22.8 Å². The predicted octanol–water partition coefficient (Wildman–Crippen LogP) is 3.45. The summed E-state index contributed by atoms with van der Waals surface area (Å²) in [7, 11) is 1.76. The van der Waals surface area contributed by atoms with Crippen LogP contribution in [-0.2, 0) is 9.59 Å². The van der Waals surface area contributed by atoms with E-state index in [4.69, 9.17) is 9.52 Å². The third-order valence-electron chi connectivity index (χ3n) is 4.92. The van der Waals surface area contributed by atoms with Gasteiger partial charge in [0.15, 0.2) is 0 Å². The molecular weight excluding hydrogens is 294 g/mol. The van der Waals surface area contributed by atoms with Gasteiger partial charge in [-0.2, -0.15) is 0 Å². The summed E-state index contributed by atoms with van der Waals surface area (Å²) in [5, 5.41) is 10.1. The number of hydrogen-bond acceptors (Lipinski definition) is 3. The van der Waals surface area contributed by atoms with Crippen LogP contribution in [0.5, 0.6) is 0 Å². The number of furan rings is 1. The molecule has 3 atom stereocenters. The average Bonchev–Trinajstić information content (AvgIpc) is 3.19. The molecule has 1 amide bonds. The Morgan fingerprint density at radius 2 is 1.96 bits per heavy atom. The van der Waals surface area contributed by atoms with Crippen molar-refractivity contribution in [2.45, 2.75) is 32.2 Å². The van der Waals surface area contributed by atoms with Gasteiger partial charge in [0.2, 0.25) is 5.91 Å². The Morgan fingerprint density at radius 3 is 2.61 bits per heavy atom. The monoisotopic (exact) mass is 315 g/mol. The van der Waals surface area contributed by atoms with Crippen molar-refractivity contribution in [1.29, 1.82) is 0 Å². The lowest BCUT2D eigenvalue weighted by Crippen LogP contribution is -2.34. The molecule has 122 valence electrons. The van der Waals surface area contributed by atoms with E-state index in [1.165, 1.54) is 0 Å². The van der Waals surface area contributed by atoms with Crippen molar-refractivity contribution < 1.29 is 19.1 Å². The predicted molar refractivity (Wildman–Crippen MR) is 85.9 cm³/mol. The zero-order chi connectivity index (χ0) is 16.6. The number of carbonyl (C=O) groups excluding carboxylic acids is 1. The molecule has 23 heavy (non-hydrogen) atoms. The third kappa shape index (κ3) is 2.96. The van der Waals surface area contributed by atoms with Crippen LogP contribution in [0.1, 0.15) is 38.0 Å². The summed E-state index contributed by atoms with van der Waals surface area (Å²) in [6, 6.07) is 9.52. The van der Waals surface area contributed by atoms with Crippen LogP contribution in [0.4, 0.5) is 0 Å². The van der Waals surface area contributed by atoms with Gasteiger partial charge >= 0.3 is 5.97 Å². The summed E-state index contributed by atoms with van der Waals surface area (Å²) in [6.07, 6.45) is 1.66. The molecule has 1 aromatic carbocycles. The van der Waals surface area contributed by atoms with Gasteiger partial charge in [0.05, 0.1) is 12.0 Å². The number of fused-ring (bicyclic) bond motifs is 1. The normalized spacial score (nSPS) is 22.2. The van der Waals surface area contributed by atoms with Crippen LogP contribution in [0.15, 0.2) is 34.7 Å². The quantitative estimate of drug-likeness (QED) is 0.938. The number of aliphatic carboxylic acids is 1. The van der Waals surface area contributed by atoms with Crippen LogP contribution < -0.4 is 0 Å². The first-order valence-corrected chi connectivity index (χ1v) is 7.95. The van der Waals surface area contributed by atoms with Crippen LogP contribution in [-0.4, -0.2) is 28.9 Å². The van der Waals surface area contributed by atoms with Gasteiger partial charge in [-0.25, -0.2) is 0 Å². The van der Waals surface area contributed by atoms with E-state index in [1.54, 1.807) is 11.9 Å². The van der Waals surface area contributed by atoms with E-state index in [0.717, 1.165) is 16.7 Å². The number of benzene rings is 1.